The van der Waals surface area contributed by atoms with Crippen LogP contribution in [0.15, 0.2) is 65.7 Å². The predicted molar refractivity (Wildman–Crippen MR) is 127 cm³/mol. The van der Waals surface area contributed by atoms with Crippen LogP contribution >= 0.6 is 15.9 Å². The van der Waals surface area contributed by atoms with Crippen molar-refractivity contribution in [3.05, 3.63) is 66.2 Å². The van der Waals surface area contributed by atoms with Gasteiger partial charge in [0, 0.05) is 22.9 Å². The third-order valence-corrected chi connectivity index (χ3v) is 6.67. The highest BCUT2D eigenvalue weighted by molar-refractivity contribution is 9.09. The zero-order valence-corrected chi connectivity index (χ0v) is 18.9. The van der Waals surface area contributed by atoms with Gasteiger partial charge in [-0.3, -0.25) is 4.99 Å². The molecule has 3 aromatic rings. The van der Waals surface area contributed by atoms with Crippen molar-refractivity contribution in [1.29, 1.82) is 0 Å². The third-order valence-electron chi connectivity index (χ3n) is 6.34. The van der Waals surface area contributed by atoms with Crippen molar-refractivity contribution in [1.82, 2.24) is 0 Å². The Labute approximate surface area is 185 Å². The smallest absolute Gasteiger partial charge is 0.228 e. The Bertz CT molecular complexity index is 1130. The molecular weight excluding hydrogens is 440 g/mol. The first-order chi connectivity index (χ1) is 14.6. The maximum atomic E-state index is 6.87. The minimum atomic E-state index is -0.704. The van der Waals surface area contributed by atoms with Gasteiger partial charge in [0.25, 0.3) is 0 Å². The Balaban J connectivity index is 1.61. The van der Waals surface area contributed by atoms with Crippen molar-refractivity contribution in [2.24, 2.45) is 4.99 Å². The lowest BCUT2D eigenvalue weighted by atomic mass is 9.77. The molecule has 3 aromatic carbocycles. The van der Waals surface area contributed by atoms with Gasteiger partial charge in [-0.15, -0.1) is 0 Å². The first-order valence-corrected chi connectivity index (χ1v) is 11.5. The first-order valence-electron chi connectivity index (χ1n) is 10.4. The van der Waals surface area contributed by atoms with Crippen molar-refractivity contribution in [2.75, 3.05) is 30.0 Å². The summed E-state index contributed by atoms with van der Waals surface area (Å²) in [6.45, 7) is 6.52. The van der Waals surface area contributed by atoms with Gasteiger partial charge in [0.05, 0.1) is 24.8 Å². The third kappa shape index (κ3) is 2.79. The zero-order chi connectivity index (χ0) is 20.8. The molecule has 0 N–H and O–H groups in total. The van der Waals surface area contributed by atoms with Gasteiger partial charge in [-0.25, -0.2) is 0 Å². The van der Waals surface area contributed by atoms with Crippen LogP contribution in [0.2, 0.25) is 0 Å². The van der Waals surface area contributed by atoms with Crippen LogP contribution < -0.4 is 9.64 Å². The number of aliphatic imine (C=N–C) groups is 1. The Hall–Kier alpha value is -2.37. The Morgan fingerprint density at radius 1 is 1.00 bits per heavy atom. The summed E-state index contributed by atoms with van der Waals surface area (Å²) in [5.41, 5.74) is 2.36. The van der Waals surface area contributed by atoms with Crippen molar-refractivity contribution < 1.29 is 9.47 Å². The number of ether oxygens (including phenoxy) is 2. The van der Waals surface area contributed by atoms with E-state index in [-0.39, 0.29) is 5.41 Å². The number of hydrogen-bond acceptors (Lipinski definition) is 4. The van der Waals surface area contributed by atoms with E-state index in [1.54, 1.807) is 0 Å². The fraction of sp³-hybridized carbons (Fsp3) is 0.320. The average molecular weight is 465 g/mol. The molecular formula is C25H25BrN2O2. The Kier molecular flexibility index (Phi) is 4.83. The van der Waals surface area contributed by atoms with Gasteiger partial charge in [-0.1, -0.05) is 64.5 Å². The van der Waals surface area contributed by atoms with Crippen LogP contribution in [0.5, 0.6) is 5.75 Å². The second-order valence-corrected chi connectivity index (χ2v) is 9.08. The zero-order valence-electron chi connectivity index (χ0n) is 17.3. The van der Waals surface area contributed by atoms with E-state index in [0.29, 0.717) is 13.2 Å². The number of hydrogen-bond donors (Lipinski definition) is 0. The molecule has 154 valence electrons. The second kappa shape index (κ2) is 7.40. The molecule has 5 rings (SSSR count). The van der Waals surface area contributed by atoms with Crippen molar-refractivity contribution in [3.8, 4) is 5.75 Å². The van der Waals surface area contributed by atoms with Crippen LogP contribution in [-0.2, 0) is 10.2 Å². The fourth-order valence-corrected chi connectivity index (χ4v) is 4.99. The van der Waals surface area contributed by atoms with Crippen LogP contribution in [0.3, 0.4) is 0 Å². The maximum Gasteiger partial charge on any atom is 0.228 e. The largest absolute Gasteiger partial charge is 0.459 e. The minimum absolute atomic E-state index is 0.286. The van der Waals surface area contributed by atoms with E-state index < -0.39 is 5.72 Å². The quantitative estimate of drug-likeness (QED) is 0.351. The summed E-state index contributed by atoms with van der Waals surface area (Å²) in [5, 5.41) is 3.11. The monoisotopic (exact) mass is 464 g/mol. The van der Waals surface area contributed by atoms with E-state index in [2.05, 4.69) is 89.3 Å². The van der Waals surface area contributed by atoms with Crippen LogP contribution in [0.1, 0.15) is 19.4 Å². The average Bonchev–Trinajstić information content (AvgIpc) is 2.95. The topological polar surface area (TPSA) is 34.1 Å². The summed E-state index contributed by atoms with van der Waals surface area (Å²) in [4.78, 5) is 7.31. The van der Waals surface area contributed by atoms with Gasteiger partial charge in [-0.05, 0) is 36.9 Å². The van der Waals surface area contributed by atoms with E-state index in [4.69, 9.17) is 14.5 Å². The summed E-state index contributed by atoms with van der Waals surface area (Å²) in [6, 6.07) is 21.0. The van der Waals surface area contributed by atoms with Crippen molar-refractivity contribution in [3.63, 3.8) is 0 Å². The number of nitrogens with zero attached hydrogens (tertiary/aromatic N) is 2. The summed E-state index contributed by atoms with van der Waals surface area (Å²) in [5.74, 6) is 0.823. The SMILES string of the molecule is CC1(C)c2ccccc2N(CCOCCBr)C12C=Nc1c(ccc3ccccc13)O2. The molecule has 0 aromatic heterocycles. The van der Waals surface area contributed by atoms with Crippen LogP contribution in [-0.4, -0.2) is 37.0 Å². The molecule has 1 spiro atoms. The molecule has 0 radical (unpaired) electrons. The second-order valence-electron chi connectivity index (χ2n) is 8.29. The van der Waals surface area contributed by atoms with E-state index in [9.17, 15) is 0 Å². The Morgan fingerprint density at radius 2 is 1.80 bits per heavy atom. The fourth-order valence-electron chi connectivity index (χ4n) is 4.76. The van der Waals surface area contributed by atoms with E-state index in [1.807, 2.05) is 12.3 Å². The van der Waals surface area contributed by atoms with Gasteiger partial charge in [0.2, 0.25) is 5.72 Å². The van der Waals surface area contributed by atoms with E-state index >= 15 is 0 Å². The van der Waals surface area contributed by atoms with Gasteiger partial charge in [-0.2, -0.15) is 0 Å². The molecule has 0 fully saturated rings. The lowest BCUT2D eigenvalue weighted by molar-refractivity contribution is 0.0683. The molecule has 2 heterocycles. The van der Waals surface area contributed by atoms with Gasteiger partial charge in [0.1, 0.15) is 11.4 Å². The van der Waals surface area contributed by atoms with E-state index in [1.165, 1.54) is 16.6 Å². The number of fused-ring (bicyclic) bond motifs is 4. The van der Waals surface area contributed by atoms with Gasteiger partial charge in [0.15, 0.2) is 0 Å². The highest BCUT2D eigenvalue weighted by Crippen LogP contribution is 2.54. The molecule has 0 saturated heterocycles. The lowest BCUT2D eigenvalue weighted by Gasteiger charge is -2.46. The molecule has 1 atom stereocenters. The van der Waals surface area contributed by atoms with Crippen molar-refractivity contribution >= 4 is 44.3 Å². The van der Waals surface area contributed by atoms with E-state index in [0.717, 1.165) is 28.7 Å². The predicted octanol–water partition coefficient (Wildman–Crippen LogP) is 5.84. The summed E-state index contributed by atoms with van der Waals surface area (Å²) >= 11 is 3.43. The molecule has 5 heteroatoms. The molecule has 0 bridgehead atoms. The summed E-state index contributed by atoms with van der Waals surface area (Å²) in [7, 11) is 0. The highest BCUT2D eigenvalue weighted by Gasteiger charge is 2.59. The maximum absolute atomic E-state index is 6.87. The molecule has 0 aliphatic carbocycles. The number of rotatable bonds is 5. The molecule has 0 saturated carbocycles. The molecule has 0 amide bonds. The van der Waals surface area contributed by atoms with Gasteiger partial charge < -0.3 is 14.4 Å². The molecule has 4 nitrogen and oxygen atoms in total. The van der Waals surface area contributed by atoms with Crippen LogP contribution in [0.4, 0.5) is 11.4 Å². The van der Waals surface area contributed by atoms with Gasteiger partial charge >= 0.3 is 0 Å². The normalized spacial score (nSPS) is 21.0. The molecule has 30 heavy (non-hydrogen) atoms. The molecule has 2 aliphatic heterocycles. The standard InChI is InChI=1S/C25H25BrN2O2/c1-24(2)20-9-5-6-10-21(20)28(14-16-29-15-13-26)25(24)17-27-23-19-8-4-3-7-18(19)11-12-22(23)30-25/h3-12,17H,13-16H2,1-2H3. The highest BCUT2D eigenvalue weighted by atomic mass is 79.9. The van der Waals surface area contributed by atoms with Crippen LogP contribution in [0.25, 0.3) is 10.8 Å². The lowest BCUT2D eigenvalue weighted by Crippen LogP contribution is -2.62. The minimum Gasteiger partial charge on any atom is -0.459 e. The van der Waals surface area contributed by atoms with Crippen LogP contribution in [0, 0.1) is 0 Å². The first kappa shape index (κ1) is 19.6. The molecule has 1 unspecified atom stereocenters. The number of halogens is 1. The van der Waals surface area contributed by atoms with Crippen molar-refractivity contribution in [2.45, 2.75) is 25.0 Å². The molecule has 2 aliphatic rings. The number of benzene rings is 3. The number of para-hydroxylation sites is 1. The summed E-state index contributed by atoms with van der Waals surface area (Å²) in [6.07, 6.45) is 2.01. The number of alkyl halides is 1. The summed E-state index contributed by atoms with van der Waals surface area (Å²) < 4.78 is 12.7. The number of anilines is 1. The Morgan fingerprint density at radius 3 is 2.67 bits per heavy atom.